The number of rotatable bonds is 15. The van der Waals surface area contributed by atoms with Crippen molar-refractivity contribution in [2.75, 3.05) is 24.6 Å². The van der Waals surface area contributed by atoms with Crippen LogP contribution in [-0.2, 0) is 28.7 Å². The third-order valence-corrected chi connectivity index (χ3v) is 10.1. The summed E-state index contributed by atoms with van der Waals surface area (Å²) >= 11 is 6.56. The number of anilines is 1. The van der Waals surface area contributed by atoms with E-state index < -0.39 is 59.5 Å². The van der Waals surface area contributed by atoms with Crippen LogP contribution in [-0.4, -0.2) is 77.2 Å². The predicted molar refractivity (Wildman–Crippen MR) is 182 cm³/mol. The number of aliphatic hydroxyl groups is 1. The van der Waals surface area contributed by atoms with Gasteiger partial charge in [-0.05, 0) is 42.9 Å². The molecule has 3 saturated heterocycles. The summed E-state index contributed by atoms with van der Waals surface area (Å²) in [6.07, 6.45) is 3.33. The van der Waals surface area contributed by atoms with Crippen LogP contribution >= 0.6 is 11.6 Å². The van der Waals surface area contributed by atoms with Crippen molar-refractivity contribution in [2.45, 2.75) is 69.4 Å². The first kappa shape index (κ1) is 35.3. The van der Waals surface area contributed by atoms with E-state index in [1.165, 1.54) is 9.80 Å². The second-order valence-corrected chi connectivity index (χ2v) is 13.4. The van der Waals surface area contributed by atoms with Crippen molar-refractivity contribution in [1.82, 2.24) is 10.2 Å². The van der Waals surface area contributed by atoms with E-state index in [4.69, 9.17) is 21.1 Å². The maximum absolute atomic E-state index is 14.8. The molecule has 3 fully saturated rings. The van der Waals surface area contributed by atoms with Gasteiger partial charge in [-0.15, -0.1) is 13.2 Å². The van der Waals surface area contributed by atoms with Gasteiger partial charge in [0.1, 0.15) is 17.7 Å². The summed E-state index contributed by atoms with van der Waals surface area (Å²) in [5.41, 5.74) is -0.195. The fourth-order valence-corrected chi connectivity index (χ4v) is 7.75. The summed E-state index contributed by atoms with van der Waals surface area (Å²) < 4.78 is 12.7. The number of allylic oxidation sites excluding steroid dienone is 1. The number of fused-ring (bicyclic) bond motifs is 1. The van der Waals surface area contributed by atoms with Gasteiger partial charge in [-0.25, -0.2) is 0 Å². The molecule has 0 saturated carbocycles. The SMILES string of the molecule is C=CCCC(=O)NC[C@H](OC(=O)[C@@H]1[C@@H]2CC[C@]3(O2)[C@H](C(=O)N(CC=C)c2ccccc2Cl)N([C@@H](CO)C(C)C)C(=O)[C@@H]13)c1ccccc1. The van der Waals surface area contributed by atoms with Crippen LogP contribution in [0.5, 0.6) is 0 Å². The first-order valence-electron chi connectivity index (χ1n) is 16.5. The van der Waals surface area contributed by atoms with Crippen molar-refractivity contribution in [3.63, 3.8) is 0 Å². The average molecular weight is 678 g/mol. The molecule has 3 amide bonds. The Bertz CT molecular complexity index is 1530. The highest BCUT2D eigenvalue weighted by atomic mass is 35.5. The molecule has 2 aromatic carbocycles. The van der Waals surface area contributed by atoms with Crippen LogP contribution in [0.25, 0.3) is 0 Å². The first-order chi connectivity index (χ1) is 23.1. The van der Waals surface area contributed by atoms with Crippen LogP contribution in [0.3, 0.4) is 0 Å². The number of carbonyl (C=O) groups is 4. The lowest BCUT2D eigenvalue weighted by Crippen LogP contribution is -2.59. The number of amides is 3. The van der Waals surface area contributed by atoms with Crippen LogP contribution in [0.1, 0.15) is 51.2 Å². The van der Waals surface area contributed by atoms with Crippen molar-refractivity contribution in [1.29, 1.82) is 0 Å². The highest BCUT2D eigenvalue weighted by molar-refractivity contribution is 6.34. The molecule has 10 nitrogen and oxygen atoms in total. The van der Waals surface area contributed by atoms with Gasteiger partial charge in [-0.1, -0.05) is 80.1 Å². The lowest BCUT2D eigenvalue weighted by molar-refractivity contribution is -0.161. The van der Waals surface area contributed by atoms with Gasteiger partial charge in [0.25, 0.3) is 5.91 Å². The normalized spacial score (nSPS) is 25.4. The summed E-state index contributed by atoms with van der Waals surface area (Å²) in [4.78, 5) is 59.0. The molecule has 5 rings (SSSR count). The number of aliphatic hydroxyl groups excluding tert-OH is 1. The summed E-state index contributed by atoms with van der Waals surface area (Å²) in [6, 6.07) is 14.2. The summed E-state index contributed by atoms with van der Waals surface area (Å²) in [7, 11) is 0. The molecular weight excluding hydrogens is 634 g/mol. The van der Waals surface area contributed by atoms with Crippen molar-refractivity contribution >= 4 is 41.0 Å². The third-order valence-electron chi connectivity index (χ3n) is 9.77. The van der Waals surface area contributed by atoms with Gasteiger partial charge in [-0.2, -0.15) is 0 Å². The van der Waals surface area contributed by atoms with E-state index in [2.05, 4.69) is 18.5 Å². The van der Waals surface area contributed by atoms with E-state index >= 15 is 0 Å². The fourth-order valence-electron chi connectivity index (χ4n) is 7.51. The van der Waals surface area contributed by atoms with Gasteiger partial charge in [0.15, 0.2) is 0 Å². The van der Waals surface area contributed by atoms with Crippen LogP contribution in [0, 0.1) is 17.8 Å². The zero-order valence-electron chi connectivity index (χ0n) is 27.4. The minimum absolute atomic E-state index is 0.0370. The molecule has 0 aromatic heterocycles. The monoisotopic (exact) mass is 677 g/mol. The molecule has 2 N–H and O–H groups in total. The van der Waals surface area contributed by atoms with Gasteiger partial charge < -0.3 is 29.7 Å². The molecule has 1 spiro atoms. The summed E-state index contributed by atoms with van der Waals surface area (Å²) in [5.74, 6) is -3.93. The molecule has 3 heterocycles. The van der Waals surface area contributed by atoms with Crippen LogP contribution in [0.15, 0.2) is 79.9 Å². The summed E-state index contributed by atoms with van der Waals surface area (Å²) in [5, 5.41) is 13.7. The van der Waals surface area contributed by atoms with Crippen molar-refractivity contribution in [3.05, 3.63) is 90.5 Å². The molecule has 0 aliphatic carbocycles. The maximum atomic E-state index is 14.8. The lowest BCUT2D eigenvalue weighted by atomic mass is 9.70. The van der Waals surface area contributed by atoms with E-state index in [1.807, 2.05) is 32.0 Å². The Labute approximate surface area is 286 Å². The molecule has 11 heteroatoms. The van der Waals surface area contributed by atoms with Crippen molar-refractivity contribution in [2.24, 2.45) is 17.8 Å². The molecule has 48 heavy (non-hydrogen) atoms. The standard InChI is InChI=1S/C37H44ClN3O7/c1-5-7-17-30(43)39-21-29(24-13-9-8-10-14-24)47-36(46)31-28-18-19-37(48-28)32(31)34(44)41(27(22-42)23(3)4)33(37)35(45)40(20-6-2)26-16-12-11-15-25(26)38/h5-6,8-16,23,27-29,31-33,42H,1-2,7,17-22H2,3-4H3,(H,39,43)/t27-,28-,29-,31+,32+,33-,37+/m0/s1. The molecule has 256 valence electrons. The first-order valence-corrected chi connectivity index (χ1v) is 16.9. The van der Waals surface area contributed by atoms with E-state index in [1.54, 1.807) is 48.6 Å². The van der Waals surface area contributed by atoms with Crippen LogP contribution in [0.4, 0.5) is 5.69 Å². The lowest BCUT2D eigenvalue weighted by Gasteiger charge is -2.40. The fraction of sp³-hybridized carbons (Fsp3) is 0.459. The minimum atomic E-state index is -1.33. The third kappa shape index (κ3) is 6.53. The smallest absolute Gasteiger partial charge is 0.313 e. The van der Waals surface area contributed by atoms with Gasteiger partial charge >= 0.3 is 5.97 Å². The van der Waals surface area contributed by atoms with Crippen molar-refractivity contribution < 1.29 is 33.8 Å². The molecular formula is C37H44ClN3O7. The van der Waals surface area contributed by atoms with Gasteiger partial charge in [0, 0.05) is 13.0 Å². The van der Waals surface area contributed by atoms with Crippen LogP contribution < -0.4 is 10.2 Å². The zero-order chi connectivity index (χ0) is 34.6. The number of ether oxygens (including phenoxy) is 2. The number of benzene rings is 2. The zero-order valence-corrected chi connectivity index (χ0v) is 28.2. The number of hydrogen-bond donors (Lipinski definition) is 2. The quantitative estimate of drug-likeness (QED) is 0.208. The van der Waals surface area contributed by atoms with E-state index in [-0.39, 0.29) is 37.9 Å². The number of hydrogen-bond acceptors (Lipinski definition) is 7. The average Bonchev–Trinajstić information content (AvgIpc) is 3.73. The Kier molecular flexibility index (Phi) is 11.1. The molecule has 0 radical (unpaired) electrons. The minimum Gasteiger partial charge on any atom is -0.455 e. The second kappa shape index (κ2) is 15.1. The second-order valence-electron chi connectivity index (χ2n) is 13.0. The van der Waals surface area contributed by atoms with Gasteiger partial charge in [0.2, 0.25) is 11.8 Å². The number of likely N-dealkylation sites (tertiary alicyclic amines) is 1. The topological polar surface area (TPSA) is 125 Å². The largest absolute Gasteiger partial charge is 0.455 e. The highest BCUT2D eigenvalue weighted by Gasteiger charge is 2.76. The molecule has 2 bridgehead atoms. The number of carbonyl (C=O) groups excluding carboxylic acids is 4. The van der Waals surface area contributed by atoms with E-state index in [0.717, 1.165) is 0 Å². The number of nitrogens with one attached hydrogen (secondary N) is 1. The van der Waals surface area contributed by atoms with Crippen LogP contribution in [0.2, 0.25) is 5.02 Å². The molecule has 3 aliphatic rings. The number of esters is 1. The number of halogens is 1. The predicted octanol–water partition coefficient (Wildman–Crippen LogP) is 4.62. The Balaban J connectivity index is 1.50. The van der Waals surface area contributed by atoms with E-state index in [0.29, 0.717) is 35.5 Å². The molecule has 2 aromatic rings. The maximum Gasteiger partial charge on any atom is 0.313 e. The Morgan fingerprint density at radius 1 is 1.15 bits per heavy atom. The molecule has 3 aliphatic heterocycles. The Hall–Kier alpha value is -3.99. The number of para-hydroxylation sites is 1. The van der Waals surface area contributed by atoms with Crippen molar-refractivity contribution in [3.8, 4) is 0 Å². The highest BCUT2D eigenvalue weighted by Crippen LogP contribution is 2.59. The Morgan fingerprint density at radius 3 is 2.50 bits per heavy atom. The van der Waals surface area contributed by atoms with E-state index in [9.17, 15) is 24.3 Å². The molecule has 0 unspecified atom stereocenters. The number of nitrogens with zero attached hydrogens (tertiary/aromatic N) is 2. The molecule has 7 atom stereocenters. The van der Waals surface area contributed by atoms with Gasteiger partial charge in [0.05, 0.1) is 47.8 Å². The Morgan fingerprint density at radius 2 is 1.85 bits per heavy atom. The van der Waals surface area contributed by atoms with Gasteiger partial charge in [-0.3, -0.25) is 19.2 Å². The summed E-state index contributed by atoms with van der Waals surface area (Å²) in [6.45, 7) is 11.0.